The van der Waals surface area contributed by atoms with E-state index in [1.807, 2.05) is 72.8 Å². The van der Waals surface area contributed by atoms with Crippen LogP contribution in [0.5, 0.6) is 5.75 Å². The summed E-state index contributed by atoms with van der Waals surface area (Å²) < 4.78 is 5.85. The molecule has 0 atom stereocenters. The van der Waals surface area contributed by atoms with Gasteiger partial charge in [-0.2, -0.15) is 5.26 Å². The van der Waals surface area contributed by atoms with Crippen molar-refractivity contribution in [2.45, 2.75) is 19.4 Å². The number of benzene rings is 3. The molecule has 3 aromatic rings. The van der Waals surface area contributed by atoms with Crippen molar-refractivity contribution in [3.8, 4) is 11.8 Å². The molecule has 3 aromatic carbocycles. The molecule has 0 spiro atoms. The smallest absolute Gasteiger partial charge is 0.254 e. The minimum atomic E-state index is -0.0821. The number of nitrogens with zero attached hydrogens (tertiary/aromatic N) is 2. The zero-order chi connectivity index (χ0) is 20.3. The quantitative estimate of drug-likeness (QED) is 0.529. The van der Waals surface area contributed by atoms with Gasteiger partial charge in [0.1, 0.15) is 12.4 Å². The summed E-state index contributed by atoms with van der Waals surface area (Å²) in [5.74, 6) is 0.573. The van der Waals surface area contributed by atoms with Gasteiger partial charge in [-0.05, 0) is 35.7 Å². The van der Waals surface area contributed by atoms with Crippen LogP contribution in [0.1, 0.15) is 27.9 Å². The maximum absolute atomic E-state index is 13.1. The van der Waals surface area contributed by atoms with E-state index < -0.39 is 0 Å². The maximum Gasteiger partial charge on any atom is 0.254 e. The Morgan fingerprint density at radius 1 is 0.862 bits per heavy atom. The average Bonchev–Trinajstić information content (AvgIpc) is 2.79. The molecule has 0 saturated carbocycles. The first-order valence-corrected chi connectivity index (χ1v) is 9.73. The second-order valence-electron chi connectivity index (χ2n) is 6.74. The Balaban J connectivity index is 1.67. The number of carbonyl (C=O) groups is 1. The maximum atomic E-state index is 13.1. The zero-order valence-corrected chi connectivity index (χ0v) is 16.3. The summed E-state index contributed by atoms with van der Waals surface area (Å²) in [6, 6.07) is 29.3. The molecule has 0 unspecified atom stereocenters. The Morgan fingerprint density at radius 3 is 2.24 bits per heavy atom. The fourth-order valence-electron chi connectivity index (χ4n) is 3.05. The van der Waals surface area contributed by atoms with Crippen LogP contribution in [0.2, 0.25) is 0 Å². The fraction of sp³-hybridized carbons (Fsp3) is 0.200. The van der Waals surface area contributed by atoms with E-state index in [2.05, 4.69) is 6.07 Å². The molecule has 3 rings (SSSR count). The molecule has 4 nitrogen and oxygen atoms in total. The second kappa shape index (κ2) is 10.7. The normalized spacial score (nSPS) is 10.2. The Kier molecular flexibility index (Phi) is 7.42. The standard InChI is InChI=1S/C25H24N2O2/c26-16-8-17-27(18-15-21-9-3-1-4-10-21)25(28)23-13-7-14-24(19-23)29-20-22-11-5-2-6-12-22/h1-7,9-14,19H,8,15,17-18,20H2. The fourth-order valence-corrected chi connectivity index (χ4v) is 3.05. The molecule has 0 N–H and O–H groups in total. The highest BCUT2D eigenvalue weighted by Crippen LogP contribution is 2.17. The van der Waals surface area contributed by atoms with Gasteiger partial charge in [0.05, 0.1) is 12.5 Å². The summed E-state index contributed by atoms with van der Waals surface area (Å²) in [6.07, 6.45) is 1.06. The van der Waals surface area contributed by atoms with Crippen LogP contribution in [0.3, 0.4) is 0 Å². The lowest BCUT2D eigenvalue weighted by Gasteiger charge is -2.22. The number of nitriles is 1. The third-order valence-corrected chi connectivity index (χ3v) is 4.62. The summed E-state index contributed by atoms with van der Waals surface area (Å²) in [6.45, 7) is 1.43. The van der Waals surface area contributed by atoms with E-state index in [1.165, 1.54) is 5.56 Å². The SMILES string of the molecule is N#CCCN(CCc1ccccc1)C(=O)c1cccc(OCc2ccccc2)c1. The molecule has 0 aliphatic rings. The van der Waals surface area contributed by atoms with Crippen LogP contribution in [-0.4, -0.2) is 23.9 Å². The van der Waals surface area contributed by atoms with E-state index in [0.29, 0.717) is 37.4 Å². The van der Waals surface area contributed by atoms with Crippen molar-refractivity contribution in [1.29, 1.82) is 5.26 Å². The van der Waals surface area contributed by atoms with Gasteiger partial charge in [0.2, 0.25) is 0 Å². The van der Waals surface area contributed by atoms with Gasteiger partial charge in [-0.1, -0.05) is 66.7 Å². The molecule has 4 heteroatoms. The second-order valence-corrected chi connectivity index (χ2v) is 6.74. The molecule has 0 saturated heterocycles. The van der Waals surface area contributed by atoms with Crippen molar-refractivity contribution in [3.05, 3.63) is 102 Å². The van der Waals surface area contributed by atoms with Crippen molar-refractivity contribution in [2.75, 3.05) is 13.1 Å². The first kappa shape index (κ1) is 20.2. The lowest BCUT2D eigenvalue weighted by atomic mass is 10.1. The molecule has 0 aromatic heterocycles. The Morgan fingerprint density at radius 2 is 1.55 bits per heavy atom. The van der Waals surface area contributed by atoms with E-state index in [1.54, 1.807) is 17.0 Å². The van der Waals surface area contributed by atoms with Crippen molar-refractivity contribution in [3.63, 3.8) is 0 Å². The van der Waals surface area contributed by atoms with Gasteiger partial charge >= 0.3 is 0 Å². The van der Waals surface area contributed by atoms with Crippen LogP contribution in [0.15, 0.2) is 84.9 Å². The molecular weight excluding hydrogens is 360 g/mol. The topological polar surface area (TPSA) is 53.3 Å². The van der Waals surface area contributed by atoms with Crippen molar-refractivity contribution in [2.24, 2.45) is 0 Å². The van der Waals surface area contributed by atoms with Crippen molar-refractivity contribution in [1.82, 2.24) is 4.90 Å². The summed E-state index contributed by atoms with van der Waals surface area (Å²) in [4.78, 5) is 14.8. The molecule has 0 heterocycles. The summed E-state index contributed by atoms with van der Waals surface area (Å²) >= 11 is 0. The summed E-state index contributed by atoms with van der Waals surface area (Å²) in [5, 5.41) is 8.97. The lowest BCUT2D eigenvalue weighted by Crippen LogP contribution is -2.33. The molecule has 0 fully saturated rings. The van der Waals surface area contributed by atoms with E-state index in [0.717, 1.165) is 12.0 Å². The van der Waals surface area contributed by atoms with Crippen molar-refractivity contribution < 1.29 is 9.53 Å². The van der Waals surface area contributed by atoms with Gasteiger partial charge in [-0.3, -0.25) is 4.79 Å². The van der Waals surface area contributed by atoms with E-state index in [4.69, 9.17) is 10.00 Å². The number of hydrogen-bond donors (Lipinski definition) is 0. The summed E-state index contributed by atoms with van der Waals surface area (Å²) in [5.41, 5.74) is 2.81. The molecule has 1 amide bonds. The number of amides is 1. The number of hydrogen-bond acceptors (Lipinski definition) is 3. The van der Waals surface area contributed by atoms with Crippen LogP contribution in [0.4, 0.5) is 0 Å². The molecule has 0 bridgehead atoms. The third kappa shape index (κ3) is 6.22. The van der Waals surface area contributed by atoms with Crippen LogP contribution < -0.4 is 4.74 Å². The van der Waals surface area contributed by atoms with Gasteiger partial charge < -0.3 is 9.64 Å². The molecule has 0 aliphatic carbocycles. The van der Waals surface area contributed by atoms with E-state index >= 15 is 0 Å². The van der Waals surface area contributed by atoms with Gasteiger partial charge in [0, 0.05) is 18.7 Å². The Hall–Kier alpha value is -3.58. The van der Waals surface area contributed by atoms with Gasteiger partial charge in [0.25, 0.3) is 5.91 Å². The highest BCUT2D eigenvalue weighted by molar-refractivity contribution is 5.94. The van der Waals surface area contributed by atoms with Gasteiger partial charge in [0.15, 0.2) is 0 Å². The van der Waals surface area contributed by atoms with Gasteiger partial charge in [-0.15, -0.1) is 0 Å². The third-order valence-electron chi connectivity index (χ3n) is 4.62. The molecule has 0 aliphatic heterocycles. The Bertz CT molecular complexity index is 949. The lowest BCUT2D eigenvalue weighted by molar-refractivity contribution is 0.0760. The van der Waals surface area contributed by atoms with Crippen LogP contribution in [0, 0.1) is 11.3 Å². The molecule has 29 heavy (non-hydrogen) atoms. The largest absolute Gasteiger partial charge is 0.489 e. The van der Waals surface area contributed by atoms with Gasteiger partial charge in [-0.25, -0.2) is 0 Å². The predicted molar refractivity (Wildman–Crippen MR) is 113 cm³/mol. The monoisotopic (exact) mass is 384 g/mol. The molecule has 146 valence electrons. The number of ether oxygens (including phenoxy) is 1. The highest BCUT2D eigenvalue weighted by atomic mass is 16.5. The molecular formula is C25H24N2O2. The van der Waals surface area contributed by atoms with Crippen LogP contribution in [0.25, 0.3) is 0 Å². The zero-order valence-electron chi connectivity index (χ0n) is 16.3. The molecule has 0 radical (unpaired) electrons. The highest BCUT2D eigenvalue weighted by Gasteiger charge is 2.16. The van der Waals surface area contributed by atoms with Crippen LogP contribution >= 0.6 is 0 Å². The first-order chi connectivity index (χ1) is 14.3. The van der Waals surface area contributed by atoms with E-state index in [9.17, 15) is 4.79 Å². The number of rotatable bonds is 9. The van der Waals surface area contributed by atoms with E-state index in [-0.39, 0.29) is 5.91 Å². The number of carbonyl (C=O) groups excluding carboxylic acids is 1. The van der Waals surface area contributed by atoms with Crippen molar-refractivity contribution >= 4 is 5.91 Å². The average molecular weight is 384 g/mol. The summed E-state index contributed by atoms with van der Waals surface area (Å²) in [7, 11) is 0. The minimum absolute atomic E-state index is 0.0821. The van der Waals surface area contributed by atoms with Crippen LogP contribution in [-0.2, 0) is 13.0 Å². The minimum Gasteiger partial charge on any atom is -0.489 e. The Labute approximate surface area is 172 Å². The first-order valence-electron chi connectivity index (χ1n) is 9.73. The predicted octanol–water partition coefficient (Wildman–Crippen LogP) is 4.86.